The summed E-state index contributed by atoms with van der Waals surface area (Å²) in [5, 5.41) is 0.830. The molecule has 2 aromatic rings. The number of hydrogen-bond acceptors (Lipinski definition) is 5. The van der Waals surface area contributed by atoms with Gasteiger partial charge in [-0.05, 0) is 57.4 Å². The number of nitrogens with zero attached hydrogens (tertiary/aromatic N) is 3. The van der Waals surface area contributed by atoms with Crippen molar-refractivity contribution in [3.8, 4) is 0 Å². The maximum absolute atomic E-state index is 12.8. The molecule has 0 spiro atoms. The van der Waals surface area contributed by atoms with E-state index in [-0.39, 0.29) is 0 Å². The van der Waals surface area contributed by atoms with Crippen LogP contribution in [0.15, 0.2) is 36.9 Å². The van der Waals surface area contributed by atoms with E-state index in [4.69, 9.17) is 32.7 Å². The summed E-state index contributed by atoms with van der Waals surface area (Å²) < 4.78 is 12.6. The van der Waals surface area contributed by atoms with Crippen LogP contribution in [-0.4, -0.2) is 44.8 Å². The molecular formula is C20H23Cl2N3O4. The van der Waals surface area contributed by atoms with E-state index in [1.54, 1.807) is 23.1 Å². The standard InChI is InChI=1S/C20H23Cl2N3O4/c1-20(2,3)29-19(27)25-7-4-5-16(25)17(13-9-14(21)11-15(22)10-13)28-18(26)24-8-6-23-12-24/h6,8-12,16-17H,4-5,7H2,1-3H3/t16-,17?/m0/s1. The van der Waals surface area contributed by atoms with E-state index in [2.05, 4.69) is 4.98 Å². The smallest absolute Gasteiger partial charge is 0.419 e. The fraction of sp³-hybridized carbons (Fsp3) is 0.450. The topological polar surface area (TPSA) is 73.7 Å². The van der Waals surface area contributed by atoms with E-state index in [1.165, 1.54) is 23.3 Å². The molecule has 0 radical (unpaired) electrons. The monoisotopic (exact) mass is 439 g/mol. The minimum Gasteiger partial charge on any atom is -0.444 e. The van der Waals surface area contributed by atoms with Crippen LogP contribution in [0, 0.1) is 0 Å². The summed E-state index contributed by atoms with van der Waals surface area (Å²) in [5.74, 6) is 0. The Balaban J connectivity index is 1.93. The third kappa shape index (κ3) is 5.42. The van der Waals surface area contributed by atoms with Gasteiger partial charge in [-0.1, -0.05) is 23.2 Å². The molecule has 3 rings (SSSR count). The quantitative estimate of drug-likeness (QED) is 0.646. The number of ether oxygens (including phenoxy) is 2. The number of rotatable bonds is 3. The zero-order valence-electron chi connectivity index (χ0n) is 16.5. The van der Waals surface area contributed by atoms with Crippen molar-refractivity contribution in [1.29, 1.82) is 0 Å². The predicted octanol–water partition coefficient (Wildman–Crippen LogP) is 5.32. The number of carbonyl (C=O) groups excluding carboxylic acids is 2. The third-order valence-corrected chi connectivity index (χ3v) is 4.87. The van der Waals surface area contributed by atoms with E-state index in [0.717, 1.165) is 6.42 Å². The predicted molar refractivity (Wildman–Crippen MR) is 109 cm³/mol. The van der Waals surface area contributed by atoms with Gasteiger partial charge in [-0.3, -0.25) is 0 Å². The Labute approximate surface area is 179 Å². The molecule has 0 bridgehead atoms. The minimum absolute atomic E-state index is 0.410. The van der Waals surface area contributed by atoms with Crippen LogP contribution in [0.1, 0.15) is 45.3 Å². The van der Waals surface area contributed by atoms with E-state index in [1.807, 2.05) is 20.8 Å². The van der Waals surface area contributed by atoms with Gasteiger partial charge in [0.2, 0.25) is 0 Å². The number of carbonyl (C=O) groups is 2. The van der Waals surface area contributed by atoms with Crippen LogP contribution >= 0.6 is 23.2 Å². The zero-order valence-corrected chi connectivity index (χ0v) is 18.0. The van der Waals surface area contributed by atoms with Gasteiger partial charge in [-0.2, -0.15) is 0 Å². The molecule has 29 heavy (non-hydrogen) atoms. The maximum Gasteiger partial charge on any atom is 0.419 e. The highest BCUT2D eigenvalue weighted by Crippen LogP contribution is 2.36. The van der Waals surface area contributed by atoms with Crippen molar-refractivity contribution in [2.75, 3.05) is 6.54 Å². The largest absolute Gasteiger partial charge is 0.444 e. The number of imidazole rings is 1. The van der Waals surface area contributed by atoms with E-state index >= 15 is 0 Å². The van der Waals surface area contributed by atoms with Crippen LogP contribution in [-0.2, 0) is 9.47 Å². The van der Waals surface area contributed by atoms with Crippen molar-refractivity contribution in [2.45, 2.75) is 51.4 Å². The second-order valence-electron chi connectivity index (χ2n) is 7.86. The summed E-state index contributed by atoms with van der Waals surface area (Å²) in [5.41, 5.74) is -0.0246. The van der Waals surface area contributed by atoms with Crippen molar-refractivity contribution in [3.05, 3.63) is 52.5 Å². The lowest BCUT2D eigenvalue weighted by molar-refractivity contribution is -0.000142. The van der Waals surface area contributed by atoms with Crippen LogP contribution < -0.4 is 0 Å². The molecule has 1 aromatic heterocycles. The van der Waals surface area contributed by atoms with Gasteiger partial charge in [-0.25, -0.2) is 19.1 Å². The van der Waals surface area contributed by atoms with E-state index < -0.39 is 29.9 Å². The number of hydrogen-bond donors (Lipinski definition) is 0. The average molecular weight is 440 g/mol. The summed E-state index contributed by atoms with van der Waals surface area (Å²) in [7, 11) is 0. The summed E-state index contributed by atoms with van der Waals surface area (Å²) >= 11 is 12.4. The molecule has 2 heterocycles. The highest BCUT2D eigenvalue weighted by atomic mass is 35.5. The normalized spacial score (nSPS) is 17.8. The van der Waals surface area contributed by atoms with Crippen molar-refractivity contribution in [2.24, 2.45) is 0 Å². The van der Waals surface area contributed by atoms with Gasteiger partial charge >= 0.3 is 12.2 Å². The maximum atomic E-state index is 12.8. The molecule has 1 fully saturated rings. The Morgan fingerprint density at radius 2 is 1.86 bits per heavy atom. The molecule has 1 amide bonds. The third-order valence-electron chi connectivity index (χ3n) is 4.43. The number of halogens is 2. The highest BCUT2D eigenvalue weighted by molar-refractivity contribution is 6.34. The molecule has 0 N–H and O–H groups in total. The highest BCUT2D eigenvalue weighted by Gasteiger charge is 2.40. The summed E-state index contributed by atoms with van der Waals surface area (Å²) in [6, 6.07) is 4.56. The molecule has 0 aliphatic carbocycles. The van der Waals surface area contributed by atoms with Crippen LogP contribution in [0.25, 0.3) is 0 Å². The number of benzene rings is 1. The number of amides is 1. The Hall–Kier alpha value is -2.25. The minimum atomic E-state index is -0.767. The Morgan fingerprint density at radius 1 is 1.17 bits per heavy atom. The van der Waals surface area contributed by atoms with Crippen LogP contribution in [0.4, 0.5) is 9.59 Å². The molecule has 0 saturated carbocycles. The Kier molecular flexibility index (Phi) is 6.39. The van der Waals surface area contributed by atoms with Crippen LogP contribution in [0.3, 0.4) is 0 Å². The first-order valence-corrected chi connectivity index (χ1v) is 10.0. The van der Waals surface area contributed by atoms with Crippen LogP contribution in [0.5, 0.6) is 0 Å². The lowest BCUT2D eigenvalue weighted by atomic mass is 10.00. The zero-order chi connectivity index (χ0) is 21.2. The van der Waals surface area contributed by atoms with Crippen molar-refractivity contribution >= 4 is 35.4 Å². The van der Waals surface area contributed by atoms with Gasteiger partial charge in [0, 0.05) is 29.0 Å². The van der Waals surface area contributed by atoms with Gasteiger partial charge < -0.3 is 14.4 Å². The SMILES string of the molecule is CC(C)(C)OC(=O)N1CCC[C@H]1C(OC(=O)n1ccnc1)c1cc(Cl)cc(Cl)c1. The fourth-order valence-corrected chi connectivity index (χ4v) is 3.84. The lowest BCUT2D eigenvalue weighted by Gasteiger charge is -2.33. The van der Waals surface area contributed by atoms with Crippen molar-refractivity contribution < 1.29 is 19.1 Å². The summed E-state index contributed by atoms with van der Waals surface area (Å²) in [6.45, 7) is 5.93. The van der Waals surface area contributed by atoms with Crippen molar-refractivity contribution in [3.63, 3.8) is 0 Å². The molecule has 1 aliphatic rings. The summed E-state index contributed by atoms with van der Waals surface area (Å²) in [6.07, 6.45) is 3.90. The first-order valence-electron chi connectivity index (χ1n) is 9.28. The second-order valence-corrected chi connectivity index (χ2v) is 8.73. The Bertz CT molecular complexity index is 860. The second kappa shape index (κ2) is 8.63. The van der Waals surface area contributed by atoms with Gasteiger partial charge in [-0.15, -0.1) is 0 Å². The van der Waals surface area contributed by atoms with Crippen molar-refractivity contribution in [1.82, 2.24) is 14.5 Å². The van der Waals surface area contributed by atoms with Gasteiger partial charge in [0.25, 0.3) is 0 Å². The average Bonchev–Trinajstić information content (AvgIpc) is 3.28. The summed E-state index contributed by atoms with van der Waals surface area (Å²) in [4.78, 5) is 30.8. The first-order chi connectivity index (χ1) is 13.6. The molecule has 1 unspecified atom stereocenters. The molecule has 156 valence electrons. The fourth-order valence-electron chi connectivity index (χ4n) is 3.30. The molecule has 1 saturated heterocycles. The molecular weight excluding hydrogens is 417 g/mol. The first kappa shape index (κ1) is 21.5. The molecule has 1 aromatic carbocycles. The van der Waals surface area contributed by atoms with Crippen LogP contribution in [0.2, 0.25) is 10.0 Å². The number of likely N-dealkylation sites (tertiary alicyclic amines) is 1. The van der Waals surface area contributed by atoms with E-state index in [9.17, 15) is 9.59 Å². The lowest BCUT2D eigenvalue weighted by Crippen LogP contribution is -2.43. The molecule has 7 nitrogen and oxygen atoms in total. The molecule has 9 heteroatoms. The van der Waals surface area contributed by atoms with Gasteiger partial charge in [0.05, 0.1) is 6.04 Å². The Morgan fingerprint density at radius 3 is 2.45 bits per heavy atom. The molecule has 2 atom stereocenters. The number of aromatic nitrogens is 2. The van der Waals surface area contributed by atoms with E-state index in [0.29, 0.717) is 28.6 Å². The van der Waals surface area contributed by atoms with Gasteiger partial charge in [0.1, 0.15) is 18.0 Å². The van der Waals surface area contributed by atoms with Gasteiger partial charge in [0.15, 0.2) is 0 Å². The molecule has 1 aliphatic heterocycles.